The van der Waals surface area contributed by atoms with Gasteiger partial charge in [0, 0.05) is 5.92 Å². The lowest BCUT2D eigenvalue weighted by atomic mass is 9.91. The molecular formula is C15H24N2O2. The van der Waals surface area contributed by atoms with Gasteiger partial charge in [-0.1, -0.05) is 12.1 Å². The van der Waals surface area contributed by atoms with Gasteiger partial charge in [0.25, 0.3) is 0 Å². The Labute approximate surface area is 115 Å². The molecule has 0 spiro atoms. The van der Waals surface area contributed by atoms with Gasteiger partial charge in [-0.05, 0) is 44.9 Å². The Bertz CT molecular complexity index is 409. The molecule has 3 atom stereocenters. The van der Waals surface area contributed by atoms with Crippen molar-refractivity contribution in [3.05, 3.63) is 29.8 Å². The monoisotopic (exact) mass is 264 g/mol. The van der Waals surface area contributed by atoms with E-state index in [1.165, 1.54) is 0 Å². The topological polar surface area (TPSA) is 56.5 Å². The van der Waals surface area contributed by atoms with Gasteiger partial charge in [-0.3, -0.25) is 11.3 Å². The van der Waals surface area contributed by atoms with Crippen LogP contribution in [-0.4, -0.2) is 18.8 Å². The maximum Gasteiger partial charge on any atom is 0.120 e. The smallest absolute Gasteiger partial charge is 0.120 e. The SMILES string of the molecule is CC(C)Oc1cccc(C(NN)C2COC(C)C2)c1. The summed E-state index contributed by atoms with van der Waals surface area (Å²) in [6, 6.07) is 8.25. The first kappa shape index (κ1) is 14.3. The van der Waals surface area contributed by atoms with Crippen LogP contribution in [0.3, 0.4) is 0 Å². The Balaban J connectivity index is 2.13. The highest BCUT2D eigenvalue weighted by atomic mass is 16.5. The molecular weight excluding hydrogens is 240 g/mol. The molecule has 0 bridgehead atoms. The van der Waals surface area contributed by atoms with Crippen LogP contribution in [0.25, 0.3) is 0 Å². The third kappa shape index (κ3) is 3.69. The molecule has 0 radical (unpaired) electrons. The van der Waals surface area contributed by atoms with Crippen molar-refractivity contribution in [3.8, 4) is 5.75 Å². The van der Waals surface area contributed by atoms with Crippen LogP contribution in [0.4, 0.5) is 0 Å². The molecule has 1 aromatic rings. The summed E-state index contributed by atoms with van der Waals surface area (Å²) in [5.41, 5.74) is 4.08. The van der Waals surface area contributed by atoms with Crippen molar-refractivity contribution in [2.24, 2.45) is 11.8 Å². The summed E-state index contributed by atoms with van der Waals surface area (Å²) in [5, 5.41) is 0. The molecule has 1 aromatic carbocycles. The van der Waals surface area contributed by atoms with Gasteiger partial charge in [-0.25, -0.2) is 0 Å². The Hall–Kier alpha value is -1.10. The van der Waals surface area contributed by atoms with Gasteiger partial charge in [0.15, 0.2) is 0 Å². The predicted molar refractivity (Wildman–Crippen MR) is 75.8 cm³/mol. The Morgan fingerprint density at radius 3 is 2.79 bits per heavy atom. The summed E-state index contributed by atoms with van der Waals surface area (Å²) in [6.45, 7) is 6.91. The molecule has 4 heteroatoms. The van der Waals surface area contributed by atoms with E-state index in [0.717, 1.165) is 24.3 Å². The molecule has 0 saturated carbocycles. The Morgan fingerprint density at radius 1 is 1.42 bits per heavy atom. The molecule has 2 rings (SSSR count). The van der Waals surface area contributed by atoms with Crippen LogP contribution in [0.1, 0.15) is 38.8 Å². The number of nitrogens with one attached hydrogen (secondary N) is 1. The summed E-state index contributed by atoms with van der Waals surface area (Å²) in [4.78, 5) is 0. The van der Waals surface area contributed by atoms with Crippen molar-refractivity contribution < 1.29 is 9.47 Å². The van der Waals surface area contributed by atoms with Crippen molar-refractivity contribution >= 4 is 0 Å². The van der Waals surface area contributed by atoms with Gasteiger partial charge in [0.2, 0.25) is 0 Å². The lowest BCUT2D eigenvalue weighted by molar-refractivity contribution is 0.117. The van der Waals surface area contributed by atoms with Crippen LogP contribution in [0, 0.1) is 5.92 Å². The van der Waals surface area contributed by atoms with E-state index in [1.54, 1.807) is 0 Å². The van der Waals surface area contributed by atoms with E-state index in [9.17, 15) is 0 Å². The average Bonchev–Trinajstić information content (AvgIpc) is 2.76. The largest absolute Gasteiger partial charge is 0.491 e. The van der Waals surface area contributed by atoms with Crippen LogP contribution in [0.15, 0.2) is 24.3 Å². The molecule has 0 aliphatic carbocycles. The molecule has 1 saturated heterocycles. The van der Waals surface area contributed by atoms with E-state index in [0.29, 0.717) is 12.0 Å². The third-order valence-corrected chi connectivity index (χ3v) is 3.47. The summed E-state index contributed by atoms with van der Waals surface area (Å²) in [5.74, 6) is 7.04. The number of hydrogen-bond acceptors (Lipinski definition) is 4. The minimum absolute atomic E-state index is 0.112. The van der Waals surface area contributed by atoms with E-state index in [4.69, 9.17) is 15.3 Å². The molecule has 3 N–H and O–H groups in total. The molecule has 1 aliphatic heterocycles. The molecule has 1 aliphatic rings. The van der Waals surface area contributed by atoms with Crippen molar-refractivity contribution in [2.45, 2.75) is 45.4 Å². The molecule has 4 nitrogen and oxygen atoms in total. The first-order valence-electron chi connectivity index (χ1n) is 6.94. The second-order valence-corrected chi connectivity index (χ2v) is 5.52. The summed E-state index contributed by atoms with van der Waals surface area (Å²) >= 11 is 0. The summed E-state index contributed by atoms with van der Waals surface area (Å²) in [6.07, 6.45) is 1.52. The molecule has 3 unspecified atom stereocenters. The van der Waals surface area contributed by atoms with E-state index >= 15 is 0 Å². The van der Waals surface area contributed by atoms with Gasteiger partial charge in [-0.15, -0.1) is 0 Å². The first-order chi connectivity index (χ1) is 9.10. The fraction of sp³-hybridized carbons (Fsp3) is 0.600. The quantitative estimate of drug-likeness (QED) is 0.633. The molecule has 0 amide bonds. The van der Waals surface area contributed by atoms with Crippen molar-refractivity contribution in [1.29, 1.82) is 0 Å². The highest BCUT2D eigenvalue weighted by molar-refractivity contribution is 5.31. The number of hydrazine groups is 1. The molecule has 1 fully saturated rings. The van der Waals surface area contributed by atoms with E-state index in [2.05, 4.69) is 24.5 Å². The number of benzene rings is 1. The van der Waals surface area contributed by atoms with Crippen molar-refractivity contribution in [3.63, 3.8) is 0 Å². The van der Waals surface area contributed by atoms with Gasteiger partial charge in [0.1, 0.15) is 5.75 Å². The molecule has 19 heavy (non-hydrogen) atoms. The van der Waals surface area contributed by atoms with Crippen LogP contribution < -0.4 is 16.0 Å². The van der Waals surface area contributed by atoms with E-state index < -0.39 is 0 Å². The predicted octanol–water partition coefficient (Wildman–Crippen LogP) is 2.40. The number of nitrogens with two attached hydrogens (primary N) is 1. The van der Waals surface area contributed by atoms with Crippen LogP contribution in [0.5, 0.6) is 5.75 Å². The third-order valence-electron chi connectivity index (χ3n) is 3.47. The number of hydrogen-bond donors (Lipinski definition) is 2. The molecule has 106 valence electrons. The van der Waals surface area contributed by atoms with Crippen LogP contribution in [-0.2, 0) is 4.74 Å². The maximum absolute atomic E-state index is 5.74. The van der Waals surface area contributed by atoms with E-state index in [-0.39, 0.29) is 12.1 Å². The Morgan fingerprint density at radius 2 is 2.21 bits per heavy atom. The highest BCUT2D eigenvalue weighted by Crippen LogP contribution is 2.32. The molecule has 0 aromatic heterocycles. The average molecular weight is 264 g/mol. The standard InChI is InChI=1S/C15H24N2O2/c1-10(2)19-14-6-4-5-12(8-14)15(17-16)13-7-11(3)18-9-13/h4-6,8,10-11,13,15,17H,7,9,16H2,1-3H3. The van der Waals surface area contributed by atoms with Gasteiger partial charge in [-0.2, -0.15) is 0 Å². The zero-order valence-electron chi connectivity index (χ0n) is 11.9. The number of ether oxygens (including phenoxy) is 2. The van der Waals surface area contributed by atoms with Crippen molar-refractivity contribution in [2.75, 3.05) is 6.61 Å². The van der Waals surface area contributed by atoms with Crippen molar-refractivity contribution in [1.82, 2.24) is 5.43 Å². The second kappa shape index (κ2) is 6.37. The van der Waals surface area contributed by atoms with Crippen LogP contribution >= 0.6 is 0 Å². The fourth-order valence-corrected chi connectivity index (χ4v) is 2.64. The minimum Gasteiger partial charge on any atom is -0.491 e. The lowest BCUT2D eigenvalue weighted by Gasteiger charge is -2.23. The summed E-state index contributed by atoms with van der Waals surface area (Å²) < 4.78 is 11.4. The van der Waals surface area contributed by atoms with Gasteiger partial charge in [0.05, 0.1) is 24.9 Å². The van der Waals surface area contributed by atoms with Crippen LogP contribution in [0.2, 0.25) is 0 Å². The zero-order chi connectivity index (χ0) is 13.8. The number of rotatable bonds is 5. The van der Waals surface area contributed by atoms with Gasteiger partial charge >= 0.3 is 0 Å². The molecule has 1 heterocycles. The minimum atomic E-state index is 0.112. The first-order valence-corrected chi connectivity index (χ1v) is 6.94. The fourth-order valence-electron chi connectivity index (χ4n) is 2.64. The zero-order valence-corrected chi connectivity index (χ0v) is 11.9. The maximum atomic E-state index is 5.74. The Kier molecular flexibility index (Phi) is 4.80. The highest BCUT2D eigenvalue weighted by Gasteiger charge is 2.30. The van der Waals surface area contributed by atoms with E-state index in [1.807, 2.05) is 26.0 Å². The van der Waals surface area contributed by atoms with Gasteiger partial charge < -0.3 is 9.47 Å². The summed E-state index contributed by atoms with van der Waals surface area (Å²) in [7, 11) is 0. The lowest BCUT2D eigenvalue weighted by Crippen LogP contribution is -2.34. The normalized spacial score (nSPS) is 24.7. The second-order valence-electron chi connectivity index (χ2n) is 5.52.